The van der Waals surface area contributed by atoms with Crippen molar-refractivity contribution in [3.05, 3.63) is 6.33 Å². The highest BCUT2D eigenvalue weighted by Gasteiger charge is 2.48. The van der Waals surface area contributed by atoms with Crippen LogP contribution in [-0.2, 0) is 16.6 Å². The lowest BCUT2D eigenvalue weighted by Gasteiger charge is -2.37. The maximum atomic E-state index is 12.5. The van der Waals surface area contributed by atoms with E-state index in [9.17, 15) is 9.59 Å². The van der Waals surface area contributed by atoms with Crippen molar-refractivity contribution in [2.75, 3.05) is 32.4 Å². The summed E-state index contributed by atoms with van der Waals surface area (Å²) in [7, 11) is 3.71. The fourth-order valence-corrected chi connectivity index (χ4v) is 4.14. The van der Waals surface area contributed by atoms with Gasteiger partial charge in [-0.3, -0.25) is 9.59 Å². The number of rotatable bonds is 3. The highest BCUT2D eigenvalue weighted by molar-refractivity contribution is 7.99. The summed E-state index contributed by atoms with van der Waals surface area (Å²) in [5.74, 6) is 0.619. The Labute approximate surface area is 134 Å². The van der Waals surface area contributed by atoms with Crippen LogP contribution in [0.1, 0.15) is 19.3 Å². The fourth-order valence-electron chi connectivity index (χ4n) is 3.35. The van der Waals surface area contributed by atoms with Crippen molar-refractivity contribution in [2.24, 2.45) is 12.5 Å². The largest absolute Gasteiger partial charge is 0.345 e. The number of likely N-dealkylation sites (tertiary alicyclic amines) is 2. The Hall–Kier alpha value is -1.57. The quantitative estimate of drug-likeness (QED) is 0.752. The van der Waals surface area contributed by atoms with Gasteiger partial charge in [0.1, 0.15) is 6.33 Å². The first kappa shape index (κ1) is 15.3. The van der Waals surface area contributed by atoms with Crippen LogP contribution in [0.25, 0.3) is 0 Å². The molecule has 0 bridgehead atoms. The molecule has 0 aliphatic carbocycles. The number of hydrogen-bond donors (Lipinski definition) is 0. The molecule has 22 heavy (non-hydrogen) atoms. The van der Waals surface area contributed by atoms with E-state index in [1.807, 2.05) is 23.9 Å². The van der Waals surface area contributed by atoms with Gasteiger partial charge in [0, 0.05) is 33.7 Å². The Morgan fingerprint density at radius 2 is 2.18 bits per heavy atom. The van der Waals surface area contributed by atoms with E-state index in [1.165, 1.54) is 11.8 Å². The zero-order valence-corrected chi connectivity index (χ0v) is 13.8. The standard InChI is InChI=1S/C14H21N5O2S/c1-17-6-3-4-14(12(17)21)5-7-19(9-14)11(20)8-22-13-16-15-10-18(13)2/h10H,3-9H2,1-2H3/t14-/m1/s1. The lowest BCUT2D eigenvalue weighted by atomic mass is 9.78. The van der Waals surface area contributed by atoms with Crippen molar-refractivity contribution in [1.82, 2.24) is 24.6 Å². The summed E-state index contributed by atoms with van der Waals surface area (Å²) in [5, 5.41) is 8.50. The third-order valence-corrected chi connectivity index (χ3v) is 5.67. The molecule has 1 spiro atoms. The lowest BCUT2D eigenvalue weighted by Crippen LogP contribution is -2.48. The molecule has 2 fully saturated rings. The number of nitrogens with zero attached hydrogens (tertiary/aromatic N) is 5. The molecular formula is C14H21N5O2S. The van der Waals surface area contributed by atoms with Gasteiger partial charge in [0.05, 0.1) is 11.2 Å². The van der Waals surface area contributed by atoms with Crippen LogP contribution >= 0.6 is 11.8 Å². The maximum Gasteiger partial charge on any atom is 0.233 e. The van der Waals surface area contributed by atoms with Crippen molar-refractivity contribution in [2.45, 2.75) is 24.4 Å². The molecule has 0 saturated carbocycles. The molecule has 2 aliphatic heterocycles. The molecule has 8 heteroatoms. The van der Waals surface area contributed by atoms with E-state index in [-0.39, 0.29) is 17.2 Å². The molecule has 1 aromatic rings. The number of aryl methyl sites for hydroxylation is 1. The predicted molar refractivity (Wildman–Crippen MR) is 82.2 cm³/mol. The third kappa shape index (κ3) is 2.71. The normalized spacial score (nSPS) is 25.3. The number of amides is 2. The highest BCUT2D eigenvalue weighted by Crippen LogP contribution is 2.39. The van der Waals surface area contributed by atoms with Crippen molar-refractivity contribution in [3.8, 4) is 0 Å². The van der Waals surface area contributed by atoms with E-state index in [4.69, 9.17) is 0 Å². The van der Waals surface area contributed by atoms with Gasteiger partial charge in [-0.25, -0.2) is 0 Å². The zero-order valence-electron chi connectivity index (χ0n) is 13.0. The minimum absolute atomic E-state index is 0.0749. The van der Waals surface area contributed by atoms with E-state index in [0.29, 0.717) is 18.8 Å². The highest BCUT2D eigenvalue weighted by atomic mass is 32.2. The van der Waals surface area contributed by atoms with E-state index in [2.05, 4.69) is 10.2 Å². The Kier molecular flexibility index (Phi) is 4.12. The van der Waals surface area contributed by atoms with Crippen LogP contribution < -0.4 is 0 Å². The summed E-state index contributed by atoms with van der Waals surface area (Å²) in [6.45, 7) is 2.07. The van der Waals surface area contributed by atoms with Crippen LogP contribution in [-0.4, -0.2) is 68.8 Å². The van der Waals surface area contributed by atoms with Gasteiger partial charge in [0.15, 0.2) is 5.16 Å². The minimum atomic E-state index is -0.335. The van der Waals surface area contributed by atoms with Crippen LogP contribution in [0.15, 0.2) is 11.5 Å². The second kappa shape index (κ2) is 5.91. The monoisotopic (exact) mass is 323 g/mol. The first-order chi connectivity index (χ1) is 10.5. The average Bonchev–Trinajstić information content (AvgIpc) is 3.10. The van der Waals surface area contributed by atoms with Crippen LogP contribution in [0, 0.1) is 5.41 Å². The number of carbonyl (C=O) groups is 2. The van der Waals surface area contributed by atoms with Gasteiger partial charge in [0.25, 0.3) is 0 Å². The van der Waals surface area contributed by atoms with Crippen molar-refractivity contribution < 1.29 is 9.59 Å². The van der Waals surface area contributed by atoms with E-state index in [0.717, 1.165) is 31.0 Å². The molecule has 2 saturated heterocycles. The summed E-state index contributed by atoms with van der Waals surface area (Å²) in [6.07, 6.45) is 4.33. The Balaban J connectivity index is 1.59. The van der Waals surface area contributed by atoms with Gasteiger partial charge >= 0.3 is 0 Å². The second-order valence-corrected chi connectivity index (χ2v) is 7.13. The first-order valence-electron chi connectivity index (χ1n) is 7.52. The Morgan fingerprint density at radius 1 is 1.36 bits per heavy atom. The smallest absolute Gasteiger partial charge is 0.233 e. The second-order valence-electron chi connectivity index (χ2n) is 6.19. The first-order valence-corrected chi connectivity index (χ1v) is 8.50. The zero-order chi connectivity index (χ0) is 15.7. The molecule has 1 aromatic heterocycles. The summed E-state index contributed by atoms with van der Waals surface area (Å²) in [5.41, 5.74) is -0.335. The molecule has 2 aliphatic rings. The molecule has 120 valence electrons. The van der Waals surface area contributed by atoms with E-state index < -0.39 is 0 Å². The number of aromatic nitrogens is 3. The van der Waals surface area contributed by atoms with Gasteiger partial charge in [-0.2, -0.15) is 0 Å². The molecule has 0 aromatic carbocycles. The third-order valence-electron chi connectivity index (χ3n) is 4.65. The Morgan fingerprint density at radius 3 is 2.91 bits per heavy atom. The number of thioether (sulfide) groups is 1. The summed E-state index contributed by atoms with van der Waals surface area (Å²) >= 11 is 1.39. The van der Waals surface area contributed by atoms with E-state index >= 15 is 0 Å². The molecule has 3 heterocycles. The SMILES string of the molecule is CN1CCC[C@]2(CCN(C(=O)CSc3nncn3C)C2)C1=O. The summed E-state index contributed by atoms with van der Waals surface area (Å²) in [6, 6.07) is 0. The maximum absolute atomic E-state index is 12.5. The topological polar surface area (TPSA) is 71.3 Å². The van der Waals surface area contributed by atoms with Gasteiger partial charge in [-0.1, -0.05) is 11.8 Å². The molecule has 3 rings (SSSR count). The van der Waals surface area contributed by atoms with E-state index in [1.54, 1.807) is 10.9 Å². The van der Waals surface area contributed by atoms with Crippen LogP contribution in [0.3, 0.4) is 0 Å². The summed E-state index contributed by atoms with van der Waals surface area (Å²) < 4.78 is 1.79. The molecular weight excluding hydrogens is 302 g/mol. The van der Waals surface area contributed by atoms with Gasteiger partial charge in [-0.05, 0) is 19.3 Å². The lowest BCUT2D eigenvalue weighted by molar-refractivity contribution is -0.144. The summed E-state index contributed by atoms with van der Waals surface area (Å²) in [4.78, 5) is 28.5. The number of piperidine rings is 1. The van der Waals surface area contributed by atoms with Crippen LogP contribution in [0.4, 0.5) is 0 Å². The molecule has 1 atom stereocenters. The fraction of sp³-hybridized carbons (Fsp3) is 0.714. The van der Waals surface area contributed by atoms with Gasteiger partial charge in [0.2, 0.25) is 11.8 Å². The molecule has 0 N–H and O–H groups in total. The van der Waals surface area contributed by atoms with Crippen molar-refractivity contribution >= 4 is 23.6 Å². The number of hydrogen-bond acceptors (Lipinski definition) is 5. The van der Waals surface area contributed by atoms with Gasteiger partial charge < -0.3 is 14.4 Å². The van der Waals surface area contributed by atoms with Crippen molar-refractivity contribution in [1.29, 1.82) is 0 Å². The Bertz CT molecular complexity index is 590. The molecule has 7 nitrogen and oxygen atoms in total. The van der Waals surface area contributed by atoms with Crippen LogP contribution in [0.2, 0.25) is 0 Å². The van der Waals surface area contributed by atoms with Gasteiger partial charge in [-0.15, -0.1) is 10.2 Å². The molecule has 0 radical (unpaired) electrons. The number of carbonyl (C=O) groups excluding carboxylic acids is 2. The predicted octanol–water partition coefficient (Wildman–Crippen LogP) is 0.378. The average molecular weight is 323 g/mol. The minimum Gasteiger partial charge on any atom is -0.345 e. The van der Waals surface area contributed by atoms with Crippen LogP contribution in [0.5, 0.6) is 0 Å². The molecule has 0 unspecified atom stereocenters. The molecule has 2 amide bonds. The van der Waals surface area contributed by atoms with Crippen molar-refractivity contribution in [3.63, 3.8) is 0 Å².